The first-order valence-electron chi connectivity index (χ1n) is 8.73. The number of benzene rings is 1. The van der Waals surface area contributed by atoms with Gasteiger partial charge in [0.1, 0.15) is 0 Å². The Morgan fingerprint density at radius 3 is 2.68 bits per heavy atom. The lowest BCUT2D eigenvalue weighted by molar-refractivity contribution is -0.130. The van der Waals surface area contributed by atoms with Gasteiger partial charge in [-0.25, -0.2) is 4.98 Å². The van der Waals surface area contributed by atoms with Crippen molar-refractivity contribution >= 4 is 17.7 Å². The third-order valence-electron chi connectivity index (χ3n) is 4.83. The average Bonchev–Trinajstić information content (AvgIpc) is 3.05. The van der Waals surface area contributed by atoms with Gasteiger partial charge in [-0.3, -0.25) is 4.79 Å². The van der Waals surface area contributed by atoms with E-state index in [1.165, 1.54) is 17.3 Å². The molecule has 0 radical (unpaired) electrons. The molecular weight excluding hydrogens is 334 g/mol. The fourth-order valence-corrected chi connectivity index (χ4v) is 4.10. The molecule has 1 atom stereocenters. The van der Waals surface area contributed by atoms with Crippen molar-refractivity contribution in [2.45, 2.75) is 30.5 Å². The van der Waals surface area contributed by atoms with Crippen LogP contribution in [0.15, 0.2) is 47.9 Å². The normalized spacial score (nSPS) is 16.8. The topological polar surface area (TPSA) is 58.4 Å². The minimum atomic E-state index is -0.332. The SMILES string of the molecule is Cn1ccnc1SCC(=O)N1CCC([C@H](O)Cc2ccccc2)CC1. The number of rotatable bonds is 6. The van der Waals surface area contributed by atoms with Crippen LogP contribution in [0.25, 0.3) is 0 Å². The highest BCUT2D eigenvalue weighted by atomic mass is 32.2. The van der Waals surface area contributed by atoms with Gasteiger partial charge in [0, 0.05) is 32.5 Å². The van der Waals surface area contributed by atoms with E-state index >= 15 is 0 Å². The van der Waals surface area contributed by atoms with Crippen LogP contribution in [0.5, 0.6) is 0 Å². The quantitative estimate of drug-likeness (QED) is 0.805. The molecule has 5 nitrogen and oxygen atoms in total. The Kier molecular flexibility index (Phi) is 6.15. The second-order valence-corrected chi connectivity index (χ2v) is 7.53. The van der Waals surface area contributed by atoms with Crippen molar-refractivity contribution in [3.63, 3.8) is 0 Å². The largest absolute Gasteiger partial charge is 0.392 e. The Hall–Kier alpha value is -1.79. The molecule has 134 valence electrons. The molecule has 1 aliphatic heterocycles. The lowest BCUT2D eigenvalue weighted by atomic mass is 9.88. The van der Waals surface area contributed by atoms with Gasteiger partial charge in [0.05, 0.1) is 11.9 Å². The second-order valence-electron chi connectivity index (χ2n) is 6.58. The molecule has 1 saturated heterocycles. The van der Waals surface area contributed by atoms with Gasteiger partial charge in [0.15, 0.2) is 5.16 Å². The van der Waals surface area contributed by atoms with Gasteiger partial charge in [0.25, 0.3) is 0 Å². The maximum absolute atomic E-state index is 12.4. The molecule has 0 aliphatic carbocycles. The number of hydrogen-bond donors (Lipinski definition) is 1. The highest BCUT2D eigenvalue weighted by molar-refractivity contribution is 7.99. The molecule has 1 fully saturated rings. The van der Waals surface area contributed by atoms with Gasteiger partial charge >= 0.3 is 0 Å². The van der Waals surface area contributed by atoms with Crippen molar-refractivity contribution in [2.75, 3.05) is 18.8 Å². The number of aliphatic hydroxyl groups excluding tert-OH is 1. The molecular formula is C19H25N3O2S. The van der Waals surface area contributed by atoms with Gasteiger partial charge in [-0.15, -0.1) is 0 Å². The summed E-state index contributed by atoms with van der Waals surface area (Å²) in [6.45, 7) is 1.47. The minimum absolute atomic E-state index is 0.156. The van der Waals surface area contributed by atoms with Crippen LogP contribution in [0.4, 0.5) is 0 Å². The number of likely N-dealkylation sites (tertiary alicyclic amines) is 1. The minimum Gasteiger partial charge on any atom is -0.392 e. The fraction of sp³-hybridized carbons (Fsp3) is 0.474. The maximum atomic E-state index is 12.4. The summed E-state index contributed by atoms with van der Waals surface area (Å²) in [5.74, 6) is 0.845. The number of carbonyl (C=O) groups is 1. The first kappa shape index (κ1) is 18.0. The molecule has 2 aromatic rings. The van der Waals surface area contributed by atoms with Crippen LogP contribution in [0.1, 0.15) is 18.4 Å². The molecule has 1 N–H and O–H groups in total. The molecule has 0 unspecified atom stereocenters. The third-order valence-corrected chi connectivity index (χ3v) is 5.87. The van der Waals surface area contributed by atoms with Crippen LogP contribution in [0.3, 0.4) is 0 Å². The Bertz CT molecular complexity index is 681. The van der Waals surface area contributed by atoms with Gasteiger partial charge in [-0.1, -0.05) is 42.1 Å². The Labute approximate surface area is 153 Å². The van der Waals surface area contributed by atoms with Crippen molar-refractivity contribution in [3.05, 3.63) is 48.3 Å². The molecule has 25 heavy (non-hydrogen) atoms. The summed E-state index contributed by atoms with van der Waals surface area (Å²) in [7, 11) is 1.93. The fourth-order valence-electron chi connectivity index (χ4n) is 3.26. The number of hydrogen-bond acceptors (Lipinski definition) is 4. The van der Waals surface area contributed by atoms with E-state index < -0.39 is 0 Å². The summed E-state index contributed by atoms with van der Waals surface area (Å²) in [5, 5.41) is 11.4. The van der Waals surface area contributed by atoms with E-state index in [1.807, 2.05) is 40.9 Å². The predicted molar refractivity (Wildman–Crippen MR) is 99.4 cm³/mol. The smallest absolute Gasteiger partial charge is 0.233 e. The van der Waals surface area contributed by atoms with Gasteiger partial charge in [-0.05, 0) is 30.7 Å². The van der Waals surface area contributed by atoms with Crippen molar-refractivity contribution in [2.24, 2.45) is 13.0 Å². The number of aromatic nitrogens is 2. The zero-order valence-corrected chi connectivity index (χ0v) is 15.4. The van der Waals surface area contributed by atoms with E-state index in [9.17, 15) is 9.90 Å². The molecule has 1 aromatic carbocycles. The van der Waals surface area contributed by atoms with E-state index in [2.05, 4.69) is 17.1 Å². The zero-order chi connectivity index (χ0) is 17.6. The molecule has 1 amide bonds. The van der Waals surface area contributed by atoms with Crippen LogP contribution >= 0.6 is 11.8 Å². The number of thioether (sulfide) groups is 1. The third kappa shape index (κ3) is 4.86. The Morgan fingerprint density at radius 1 is 1.32 bits per heavy atom. The van der Waals surface area contributed by atoms with Gasteiger partial charge in [-0.2, -0.15) is 0 Å². The van der Waals surface area contributed by atoms with E-state index in [-0.39, 0.29) is 17.9 Å². The Morgan fingerprint density at radius 2 is 2.04 bits per heavy atom. The molecule has 2 heterocycles. The van der Waals surface area contributed by atoms with Crippen LogP contribution in [0.2, 0.25) is 0 Å². The highest BCUT2D eigenvalue weighted by Gasteiger charge is 2.27. The van der Waals surface area contributed by atoms with E-state index in [1.54, 1.807) is 6.20 Å². The molecule has 0 saturated carbocycles. The summed E-state index contributed by atoms with van der Waals surface area (Å²) in [6, 6.07) is 10.1. The second kappa shape index (κ2) is 8.54. The summed E-state index contributed by atoms with van der Waals surface area (Å²) in [4.78, 5) is 18.5. The summed E-state index contributed by atoms with van der Waals surface area (Å²) in [5.41, 5.74) is 1.17. The van der Waals surface area contributed by atoms with Gasteiger partial charge < -0.3 is 14.6 Å². The molecule has 0 spiro atoms. The lowest BCUT2D eigenvalue weighted by Gasteiger charge is -2.34. The monoisotopic (exact) mass is 359 g/mol. The van der Waals surface area contributed by atoms with E-state index in [0.717, 1.165) is 31.1 Å². The van der Waals surface area contributed by atoms with Gasteiger partial charge in [0.2, 0.25) is 5.91 Å². The van der Waals surface area contributed by atoms with Crippen molar-refractivity contribution in [3.8, 4) is 0 Å². The molecule has 1 aliphatic rings. The molecule has 3 rings (SSSR count). The van der Waals surface area contributed by atoms with E-state index in [4.69, 9.17) is 0 Å². The molecule has 0 bridgehead atoms. The number of nitrogens with zero attached hydrogens (tertiary/aromatic N) is 3. The standard InChI is InChI=1S/C19H25N3O2S/c1-21-12-9-20-19(21)25-14-18(24)22-10-7-16(8-11-22)17(23)13-15-5-3-2-4-6-15/h2-6,9,12,16-17,23H,7-8,10-11,13-14H2,1H3/t17-/m1/s1. The van der Waals surface area contributed by atoms with Crippen molar-refractivity contribution in [1.29, 1.82) is 0 Å². The molecule has 6 heteroatoms. The number of aryl methyl sites for hydroxylation is 1. The van der Waals surface area contributed by atoms with Crippen LogP contribution in [-0.4, -0.2) is 50.4 Å². The maximum Gasteiger partial charge on any atom is 0.233 e. The van der Waals surface area contributed by atoms with E-state index in [0.29, 0.717) is 12.2 Å². The highest BCUT2D eigenvalue weighted by Crippen LogP contribution is 2.24. The predicted octanol–water partition coefficient (Wildman–Crippen LogP) is 2.35. The first-order valence-corrected chi connectivity index (χ1v) is 9.72. The summed E-state index contributed by atoms with van der Waals surface area (Å²) >= 11 is 1.48. The summed E-state index contributed by atoms with van der Waals surface area (Å²) < 4.78 is 1.92. The Balaban J connectivity index is 1.43. The lowest BCUT2D eigenvalue weighted by Crippen LogP contribution is -2.42. The van der Waals surface area contributed by atoms with Crippen molar-refractivity contribution < 1.29 is 9.90 Å². The molecule has 1 aromatic heterocycles. The number of imidazole rings is 1. The number of piperidine rings is 1. The zero-order valence-electron chi connectivity index (χ0n) is 14.5. The van der Waals surface area contributed by atoms with Crippen LogP contribution in [-0.2, 0) is 18.3 Å². The van der Waals surface area contributed by atoms with Crippen molar-refractivity contribution in [1.82, 2.24) is 14.5 Å². The summed E-state index contributed by atoms with van der Waals surface area (Å²) in [6.07, 6.45) is 5.72. The number of aliphatic hydroxyl groups is 1. The van der Waals surface area contributed by atoms with Crippen LogP contribution in [0, 0.1) is 5.92 Å². The average molecular weight is 359 g/mol. The number of carbonyl (C=O) groups excluding carboxylic acids is 1. The number of amides is 1. The van der Waals surface area contributed by atoms with Crippen LogP contribution < -0.4 is 0 Å². The first-order chi connectivity index (χ1) is 12.1.